The van der Waals surface area contributed by atoms with Gasteiger partial charge in [0.15, 0.2) is 0 Å². The van der Waals surface area contributed by atoms with Gasteiger partial charge in [-0.1, -0.05) is 63.2 Å². The van der Waals surface area contributed by atoms with E-state index in [4.69, 9.17) is 14.6 Å². The second-order valence-corrected chi connectivity index (χ2v) is 7.86. The first kappa shape index (κ1) is 27.8. The molecule has 3 unspecified atom stereocenters. The Hall–Kier alpha value is -3.49. The molecule has 35 heavy (non-hydrogen) atoms. The molecule has 0 saturated carbocycles. The molecule has 2 aromatic carbocycles. The molecule has 1 fully saturated rings. The standard InChI is InChI=1S/C24H24N2O5.C2H6.CH4O/c1-15-12-21(26-13-16(2)22(27)25-24(26)29)31-20(15)14-30-23(28)19-10-8-18(9-11-19)17-6-4-3-5-7-17;2*1-2/h3-11,13,15,20-21H,12,14H2,1-2H3,(H,25,27,29);1-2H3;2H,1H3. The number of aryl methyl sites for hydroxylation is 1. The van der Waals surface area contributed by atoms with Gasteiger partial charge in [0.05, 0.1) is 11.7 Å². The van der Waals surface area contributed by atoms with Crippen LogP contribution in [0.2, 0.25) is 0 Å². The normalized spacial score (nSPS) is 18.5. The van der Waals surface area contributed by atoms with Crippen LogP contribution in [0.5, 0.6) is 0 Å². The first-order chi connectivity index (χ1) is 16.9. The van der Waals surface area contributed by atoms with Crippen LogP contribution in [0.15, 0.2) is 70.4 Å². The second kappa shape index (κ2) is 13.4. The van der Waals surface area contributed by atoms with Crippen LogP contribution in [0.4, 0.5) is 0 Å². The minimum Gasteiger partial charge on any atom is -0.459 e. The lowest BCUT2D eigenvalue weighted by Gasteiger charge is -2.17. The Morgan fingerprint density at radius 1 is 1.06 bits per heavy atom. The van der Waals surface area contributed by atoms with Crippen molar-refractivity contribution < 1.29 is 19.4 Å². The summed E-state index contributed by atoms with van der Waals surface area (Å²) in [5.41, 5.74) is 2.09. The van der Waals surface area contributed by atoms with E-state index in [1.807, 2.05) is 63.2 Å². The fraction of sp³-hybridized carbons (Fsp3) is 0.370. The van der Waals surface area contributed by atoms with Gasteiger partial charge < -0.3 is 14.6 Å². The average Bonchev–Trinajstić information content (AvgIpc) is 3.27. The number of aliphatic hydroxyl groups excluding tert-OH is 1. The van der Waals surface area contributed by atoms with Crippen LogP contribution in [0, 0.1) is 12.8 Å². The van der Waals surface area contributed by atoms with Gasteiger partial charge in [0.2, 0.25) is 0 Å². The van der Waals surface area contributed by atoms with Crippen molar-refractivity contribution in [3.05, 3.63) is 92.8 Å². The van der Waals surface area contributed by atoms with Crippen molar-refractivity contribution in [3.63, 3.8) is 0 Å². The van der Waals surface area contributed by atoms with Crippen molar-refractivity contribution >= 4 is 5.97 Å². The van der Waals surface area contributed by atoms with Crippen molar-refractivity contribution in [2.24, 2.45) is 5.92 Å². The number of ether oxygens (including phenoxy) is 2. The third-order valence-corrected chi connectivity index (χ3v) is 5.60. The van der Waals surface area contributed by atoms with Crippen LogP contribution in [-0.2, 0) is 9.47 Å². The Kier molecular flexibility index (Phi) is 10.6. The average molecular weight is 483 g/mol. The largest absolute Gasteiger partial charge is 0.459 e. The van der Waals surface area contributed by atoms with Gasteiger partial charge in [-0.25, -0.2) is 9.59 Å². The van der Waals surface area contributed by atoms with Crippen molar-refractivity contribution in [1.82, 2.24) is 9.55 Å². The quantitative estimate of drug-likeness (QED) is 0.533. The minimum atomic E-state index is -0.510. The summed E-state index contributed by atoms with van der Waals surface area (Å²) in [5, 5.41) is 7.00. The molecule has 3 aromatic rings. The molecule has 0 radical (unpaired) electrons. The minimum absolute atomic E-state index is 0.0809. The van der Waals surface area contributed by atoms with E-state index in [1.54, 1.807) is 19.1 Å². The summed E-state index contributed by atoms with van der Waals surface area (Å²) < 4.78 is 12.8. The summed E-state index contributed by atoms with van der Waals surface area (Å²) in [5.74, 6) is -0.340. The second-order valence-electron chi connectivity index (χ2n) is 7.86. The predicted octanol–water partition coefficient (Wildman–Crippen LogP) is 3.93. The number of rotatable bonds is 5. The summed E-state index contributed by atoms with van der Waals surface area (Å²) >= 11 is 0. The molecule has 8 nitrogen and oxygen atoms in total. The molecular weight excluding hydrogens is 448 g/mol. The molecule has 0 amide bonds. The molecule has 2 N–H and O–H groups in total. The Morgan fingerprint density at radius 3 is 2.29 bits per heavy atom. The third kappa shape index (κ3) is 7.00. The van der Waals surface area contributed by atoms with E-state index in [1.165, 1.54) is 10.8 Å². The zero-order chi connectivity index (χ0) is 26.0. The number of aromatic nitrogens is 2. The lowest BCUT2D eigenvalue weighted by Crippen LogP contribution is -2.33. The number of nitrogens with zero attached hydrogens (tertiary/aromatic N) is 1. The zero-order valence-electron chi connectivity index (χ0n) is 20.9. The Bertz CT molecular complexity index is 1180. The molecule has 2 heterocycles. The van der Waals surface area contributed by atoms with Gasteiger partial charge >= 0.3 is 11.7 Å². The summed E-state index contributed by atoms with van der Waals surface area (Å²) in [6.45, 7) is 7.71. The maximum atomic E-state index is 12.5. The summed E-state index contributed by atoms with van der Waals surface area (Å²) in [7, 11) is 1.00. The Balaban J connectivity index is 0.00000103. The van der Waals surface area contributed by atoms with Crippen LogP contribution in [0.3, 0.4) is 0 Å². The van der Waals surface area contributed by atoms with E-state index < -0.39 is 23.4 Å². The maximum Gasteiger partial charge on any atom is 0.338 e. The van der Waals surface area contributed by atoms with Crippen LogP contribution < -0.4 is 11.2 Å². The lowest BCUT2D eigenvalue weighted by atomic mass is 10.0. The summed E-state index contributed by atoms with van der Waals surface area (Å²) in [4.78, 5) is 38.5. The molecule has 1 aromatic heterocycles. The molecule has 1 aliphatic heterocycles. The highest BCUT2D eigenvalue weighted by Gasteiger charge is 2.34. The number of aliphatic hydroxyl groups is 1. The first-order valence-electron chi connectivity index (χ1n) is 11.7. The van der Waals surface area contributed by atoms with Gasteiger partial charge in [-0.15, -0.1) is 0 Å². The molecule has 0 bridgehead atoms. The van der Waals surface area contributed by atoms with Gasteiger partial charge in [0.1, 0.15) is 12.8 Å². The van der Waals surface area contributed by atoms with Gasteiger partial charge in [-0.05, 0) is 42.5 Å². The molecule has 1 aliphatic rings. The highest BCUT2D eigenvalue weighted by molar-refractivity contribution is 5.90. The molecule has 0 aliphatic carbocycles. The number of nitrogens with one attached hydrogen (secondary N) is 1. The smallest absolute Gasteiger partial charge is 0.338 e. The number of carbonyl (C=O) groups excluding carboxylic acids is 1. The van der Waals surface area contributed by atoms with E-state index in [9.17, 15) is 14.4 Å². The fourth-order valence-electron chi connectivity index (χ4n) is 3.71. The highest BCUT2D eigenvalue weighted by atomic mass is 16.6. The number of hydrogen-bond donors (Lipinski definition) is 2. The van der Waals surface area contributed by atoms with Crippen molar-refractivity contribution in [1.29, 1.82) is 0 Å². The molecule has 1 saturated heterocycles. The number of aromatic amines is 1. The van der Waals surface area contributed by atoms with Crippen LogP contribution in [0.25, 0.3) is 11.1 Å². The van der Waals surface area contributed by atoms with Crippen molar-refractivity contribution in [3.8, 4) is 11.1 Å². The van der Waals surface area contributed by atoms with Crippen LogP contribution in [-0.4, -0.2) is 40.4 Å². The van der Waals surface area contributed by atoms with E-state index in [0.717, 1.165) is 18.2 Å². The summed E-state index contributed by atoms with van der Waals surface area (Å²) in [6.07, 6.45) is 1.24. The number of carbonyl (C=O) groups is 1. The SMILES string of the molecule is CC.CO.Cc1cn(C2CC(C)C(COC(=O)c3ccc(-c4ccccc4)cc3)O2)c(=O)[nH]c1=O. The Morgan fingerprint density at radius 2 is 1.66 bits per heavy atom. The molecule has 4 rings (SSSR count). The zero-order valence-corrected chi connectivity index (χ0v) is 20.9. The van der Waals surface area contributed by atoms with Gasteiger partial charge in [0.25, 0.3) is 5.56 Å². The van der Waals surface area contributed by atoms with Gasteiger partial charge in [0, 0.05) is 18.9 Å². The molecule has 8 heteroatoms. The van der Waals surface area contributed by atoms with E-state index in [-0.39, 0.29) is 18.6 Å². The first-order valence-corrected chi connectivity index (χ1v) is 11.7. The topological polar surface area (TPSA) is 111 Å². The van der Waals surface area contributed by atoms with E-state index in [2.05, 4.69) is 4.98 Å². The molecule has 3 atom stereocenters. The highest BCUT2D eigenvalue weighted by Crippen LogP contribution is 2.32. The number of hydrogen-bond acceptors (Lipinski definition) is 6. The number of H-pyrrole nitrogens is 1. The Labute approximate surface area is 205 Å². The van der Waals surface area contributed by atoms with Crippen LogP contribution >= 0.6 is 0 Å². The van der Waals surface area contributed by atoms with Crippen molar-refractivity contribution in [2.75, 3.05) is 13.7 Å². The third-order valence-electron chi connectivity index (χ3n) is 5.60. The number of esters is 1. The molecule has 188 valence electrons. The predicted molar refractivity (Wildman–Crippen MR) is 135 cm³/mol. The van der Waals surface area contributed by atoms with Gasteiger partial charge in [-0.3, -0.25) is 14.3 Å². The van der Waals surface area contributed by atoms with Gasteiger partial charge in [-0.2, -0.15) is 0 Å². The van der Waals surface area contributed by atoms with Crippen LogP contribution in [0.1, 0.15) is 49.3 Å². The lowest BCUT2D eigenvalue weighted by molar-refractivity contribution is -0.0402. The fourth-order valence-corrected chi connectivity index (χ4v) is 3.71. The number of benzene rings is 2. The molecule has 0 spiro atoms. The van der Waals surface area contributed by atoms with Crippen molar-refractivity contribution in [2.45, 2.75) is 46.4 Å². The maximum absolute atomic E-state index is 12.5. The summed E-state index contributed by atoms with van der Waals surface area (Å²) in [6, 6.07) is 17.2. The molecular formula is C27H34N2O6. The van der Waals surface area contributed by atoms with E-state index >= 15 is 0 Å². The monoisotopic (exact) mass is 482 g/mol. The van der Waals surface area contributed by atoms with E-state index in [0.29, 0.717) is 17.5 Å².